The number of anilines is 1. The minimum atomic E-state index is 0.540. The quantitative estimate of drug-likeness (QED) is 0.788. The highest BCUT2D eigenvalue weighted by Crippen LogP contribution is 2.18. The zero-order valence-electron chi connectivity index (χ0n) is 7.90. The summed E-state index contributed by atoms with van der Waals surface area (Å²) >= 11 is 7.20. The number of aromatic amines is 1. The highest BCUT2D eigenvalue weighted by Gasteiger charge is 1.99. The molecule has 0 saturated heterocycles. The monoisotopic (exact) mass is 243 g/mol. The molecule has 0 radical (unpaired) electrons. The van der Waals surface area contributed by atoms with Crippen molar-refractivity contribution in [3.8, 4) is 0 Å². The van der Waals surface area contributed by atoms with E-state index >= 15 is 0 Å². The standard InChI is InChI=1S/C8H10ClN5S/c9-6-4-15-8(13-6)10-3-1-2-7-11-5-12-14-7/h4-5H,1-3H2,(H,10,13)(H,11,12,14). The lowest BCUT2D eigenvalue weighted by atomic mass is 10.3. The Bertz CT molecular complexity index is 399. The number of H-pyrrole nitrogens is 1. The molecule has 0 spiro atoms. The number of aryl methyl sites for hydroxylation is 1. The normalized spacial score (nSPS) is 10.5. The molecule has 0 aliphatic carbocycles. The molecular formula is C8H10ClN5S. The number of nitrogens with zero attached hydrogens (tertiary/aromatic N) is 3. The molecule has 2 N–H and O–H groups in total. The fourth-order valence-electron chi connectivity index (χ4n) is 1.14. The van der Waals surface area contributed by atoms with Crippen molar-refractivity contribution < 1.29 is 0 Å². The van der Waals surface area contributed by atoms with Gasteiger partial charge in [0.15, 0.2) is 5.13 Å². The summed E-state index contributed by atoms with van der Waals surface area (Å²) < 4.78 is 0. The summed E-state index contributed by atoms with van der Waals surface area (Å²) in [6.07, 6.45) is 3.38. The third-order valence-corrected chi connectivity index (χ3v) is 2.93. The third kappa shape index (κ3) is 3.17. The van der Waals surface area contributed by atoms with Crippen LogP contribution < -0.4 is 5.32 Å². The summed E-state index contributed by atoms with van der Waals surface area (Å²) in [6, 6.07) is 0. The lowest BCUT2D eigenvalue weighted by Crippen LogP contribution is -2.03. The van der Waals surface area contributed by atoms with Gasteiger partial charge < -0.3 is 5.32 Å². The van der Waals surface area contributed by atoms with E-state index in [0.29, 0.717) is 5.15 Å². The van der Waals surface area contributed by atoms with Gasteiger partial charge in [0.1, 0.15) is 17.3 Å². The molecule has 2 rings (SSSR count). The van der Waals surface area contributed by atoms with Gasteiger partial charge in [0.05, 0.1) is 0 Å². The van der Waals surface area contributed by atoms with Crippen LogP contribution in [0.1, 0.15) is 12.2 Å². The number of hydrogen-bond acceptors (Lipinski definition) is 5. The van der Waals surface area contributed by atoms with Crippen LogP contribution >= 0.6 is 22.9 Å². The molecule has 5 nitrogen and oxygen atoms in total. The maximum absolute atomic E-state index is 5.69. The first-order valence-electron chi connectivity index (χ1n) is 4.54. The Kier molecular flexibility index (Phi) is 3.52. The molecule has 80 valence electrons. The van der Waals surface area contributed by atoms with Crippen molar-refractivity contribution in [3.63, 3.8) is 0 Å². The molecule has 2 heterocycles. The van der Waals surface area contributed by atoms with Crippen molar-refractivity contribution in [2.45, 2.75) is 12.8 Å². The summed E-state index contributed by atoms with van der Waals surface area (Å²) in [5.41, 5.74) is 0. The zero-order chi connectivity index (χ0) is 10.5. The second-order valence-electron chi connectivity index (χ2n) is 2.94. The smallest absolute Gasteiger partial charge is 0.184 e. The van der Waals surface area contributed by atoms with Gasteiger partial charge in [-0.15, -0.1) is 11.3 Å². The van der Waals surface area contributed by atoms with Crippen molar-refractivity contribution in [1.29, 1.82) is 0 Å². The molecule has 2 aromatic heterocycles. The van der Waals surface area contributed by atoms with Gasteiger partial charge in [-0.3, -0.25) is 5.10 Å². The van der Waals surface area contributed by atoms with E-state index in [1.165, 1.54) is 17.7 Å². The molecule has 7 heteroatoms. The topological polar surface area (TPSA) is 66.5 Å². The van der Waals surface area contributed by atoms with E-state index in [0.717, 1.165) is 30.3 Å². The Balaban J connectivity index is 1.67. The number of halogens is 1. The highest BCUT2D eigenvalue weighted by atomic mass is 35.5. The molecule has 0 saturated carbocycles. The van der Waals surface area contributed by atoms with Gasteiger partial charge in [-0.2, -0.15) is 5.10 Å². The van der Waals surface area contributed by atoms with Gasteiger partial charge in [0, 0.05) is 18.3 Å². The summed E-state index contributed by atoms with van der Waals surface area (Å²) in [7, 11) is 0. The first-order valence-corrected chi connectivity index (χ1v) is 5.79. The minimum Gasteiger partial charge on any atom is -0.361 e. The predicted octanol–water partition coefficient (Wildman–Crippen LogP) is 1.96. The summed E-state index contributed by atoms with van der Waals surface area (Å²) in [5.74, 6) is 0.911. The number of aromatic nitrogens is 4. The van der Waals surface area contributed by atoms with Crippen molar-refractivity contribution in [2.75, 3.05) is 11.9 Å². The van der Waals surface area contributed by atoms with E-state index in [2.05, 4.69) is 25.5 Å². The Morgan fingerprint density at radius 2 is 2.47 bits per heavy atom. The maximum atomic E-state index is 5.69. The lowest BCUT2D eigenvalue weighted by molar-refractivity contribution is 0.805. The fourth-order valence-corrected chi connectivity index (χ4v) is 2.00. The molecule has 0 atom stereocenters. The first kappa shape index (κ1) is 10.4. The van der Waals surface area contributed by atoms with Crippen molar-refractivity contribution >= 4 is 28.1 Å². The van der Waals surface area contributed by atoms with Gasteiger partial charge in [-0.25, -0.2) is 9.97 Å². The van der Waals surface area contributed by atoms with E-state index in [1.807, 2.05) is 0 Å². The van der Waals surface area contributed by atoms with Gasteiger partial charge >= 0.3 is 0 Å². The van der Waals surface area contributed by atoms with Gasteiger partial charge in [-0.05, 0) is 6.42 Å². The van der Waals surface area contributed by atoms with E-state index in [4.69, 9.17) is 11.6 Å². The Hall–Kier alpha value is -1.14. The molecule has 15 heavy (non-hydrogen) atoms. The average Bonchev–Trinajstić information content (AvgIpc) is 2.84. The third-order valence-electron chi connectivity index (χ3n) is 1.81. The molecule has 0 aliphatic rings. The van der Waals surface area contributed by atoms with Crippen molar-refractivity contribution in [2.24, 2.45) is 0 Å². The second-order valence-corrected chi connectivity index (χ2v) is 4.18. The SMILES string of the molecule is Clc1csc(NCCCc2ncn[nH]2)n1. The van der Waals surface area contributed by atoms with Crippen LogP contribution in [0.5, 0.6) is 0 Å². The van der Waals surface area contributed by atoms with E-state index in [1.54, 1.807) is 5.38 Å². The molecular weight excluding hydrogens is 234 g/mol. The second kappa shape index (κ2) is 5.09. The van der Waals surface area contributed by atoms with Crippen LogP contribution in [0.2, 0.25) is 5.15 Å². The van der Waals surface area contributed by atoms with Crippen molar-refractivity contribution in [3.05, 3.63) is 22.7 Å². The molecule has 0 fully saturated rings. The Labute approximate surface area is 95.9 Å². The molecule has 0 amide bonds. The molecule has 0 bridgehead atoms. The molecule has 2 aromatic rings. The van der Waals surface area contributed by atoms with Gasteiger partial charge in [0.2, 0.25) is 0 Å². The van der Waals surface area contributed by atoms with Gasteiger partial charge in [0.25, 0.3) is 0 Å². The van der Waals surface area contributed by atoms with E-state index in [9.17, 15) is 0 Å². The highest BCUT2D eigenvalue weighted by molar-refractivity contribution is 7.14. The number of nitrogens with one attached hydrogen (secondary N) is 2. The fraction of sp³-hybridized carbons (Fsp3) is 0.375. The number of hydrogen-bond donors (Lipinski definition) is 2. The number of thiazole rings is 1. The zero-order valence-corrected chi connectivity index (χ0v) is 9.48. The summed E-state index contributed by atoms with van der Waals surface area (Å²) in [5, 5.41) is 13.0. The number of rotatable bonds is 5. The van der Waals surface area contributed by atoms with Crippen LogP contribution in [0, 0.1) is 0 Å². The van der Waals surface area contributed by atoms with Crippen LogP contribution in [-0.4, -0.2) is 26.7 Å². The van der Waals surface area contributed by atoms with Crippen LogP contribution in [0.25, 0.3) is 0 Å². The molecule has 0 aliphatic heterocycles. The lowest BCUT2D eigenvalue weighted by Gasteiger charge is -2.00. The summed E-state index contributed by atoms with van der Waals surface area (Å²) in [4.78, 5) is 8.12. The van der Waals surface area contributed by atoms with Gasteiger partial charge in [-0.1, -0.05) is 11.6 Å². The average molecular weight is 244 g/mol. The summed E-state index contributed by atoms with van der Waals surface area (Å²) in [6.45, 7) is 0.852. The van der Waals surface area contributed by atoms with Crippen LogP contribution in [-0.2, 0) is 6.42 Å². The molecule has 0 unspecified atom stereocenters. The van der Waals surface area contributed by atoms with Crippen LogP contribution in [0.15, 0.2) is 11.7 Å². The maximum Gasteiger partial charge on any atom is 0.184 e. The Morgan fingerprint density at radius 1 is 1.53 bits per heavy atom. The van der Waals surface area contributed by atoms with E-state index in [-0.39, 0.29) is 0 Å². The first-order chi connectivity index (χ1) is 7.34. The Morgan fingerprint density at radius 3 is 3.13 bits per heavy atom. The largest absolute Gasteiger partial charge is 0.361 e. The van der Waals surface area contributed by atoms with Crippen LogP contribution in [0.4, 0.5) is 5.13 Å². The minimum absolute atomic E-state index is 0.540. The molecule has 0 aromatic carbocycles. The predicted molar refractivity (Wildman–Crippen MR) is 60.3 cm³/mol. The van der Waals surface area contributed by atoms with Crippen molar-refractivity contribution in [1.82, 2.24) is 20.2 Å². The van der Waals surface area contributed by atoms with Crippen LogP contribution in [0.3, 0.4) is 0 Å². The van der Waals surface area contributed by atoms with E-state index < -0.39 is 0 Å².